The summed E-state index contributed by atoms with van der Waals surface area (Å²) in [6.45, 7) is 6.07. The Labute approximate surface area is 181 Å². The van der Waals surface area contributed by atoms with Crippen molar-refractivity contribution in [2.75, 3.05) is 0 Å². The van der Waals surface area contributed by atoms with Gasteiger partial charge in [0.25, 0.3) is 5.56 Å². The van der Waals surface area contributed by atoms with E-state index in [-0.39, 0.29) is 22.3 Å². The molecule has 1 aromatic heterocycles. The van der Waals surface area contributed by atoms with Crippen molar-refractivity contribution >= 4 is 28.6 Å². The average molecular weight is 424 g/mol. The predicted octanol–water partition coefficient (Wildman–Crippen LogP) is 4.15. The van der Waals surface area contributed by atoms with Gasteiger partial charge in [-0.2, -0.15) is 0 Å². The van der Waals surface area contributed by atoms with E-state index >= 15 is 0 Å². The molecule has 4 saturated carbocycles. The normalized spacial score (nSPS) is 30.4. The largest absolute Gasteiger partial charge is 0.350 e. The van der Waals surface area contributed by atoms with Crippen LogP contribution in [0.1, 0.15) is 45.4 Å². The molecule has 1 N–H and O–H groups in total. The fourth-order valence-electron chi connectivity index (χ4n) is 6.37. The lowest BCUT2D eigenvalue weighted by Gasteiger charge is -2.57. The molecule has 4 fully saturated rings. The van der Waals surface area contributed by atoms with Gasteiger partial charge in [0.05, 0.1) is 16.2 Å². The minimum Gasteiger partial charge on any atom is -0.350 e. The van der Waals surface area contributed by atoms with E-state index in [1.807, 2.05) is 25.1 Å². The summed E-state index contributed by atoms with van der Waals surface area (Å²) in [5.74, 6) is 2.44. The van der Waals surface area contributed by atoms with Crippen LogP contribution in [0.2, 0.25) is 0 Å². The maximum atomic E-state index is 13.2. The summed E-state index contributed by atoms with van der Waals surface area (Å²) in [4.78, 5) is 30.8. The second kappa shape index (κ2) is 7.56. The first-order valence-electron chi connectivity index (χ1n) is 11.1. The van der Waals surface area contributed by atoms with E-state index in [2.05, 4.69) is 11.9 Å². The highest BCUT2D eigenvalue weighted by Crippen LogP contribution is 2.55. The number of carbonyl (C=O) groups excluding carboxylic acids is 1. The number of nitrogens with one attached hydrogen (secondary N) is 1. The van der Waals surface area contributed by atoms with E-state index in [4.69, 9.17) is 4.98 Å². The molecule has 4 bridgehead atoms. The highest BCUT2D eigenvalue weighted by atomic mass is 32.2. The number of benzene rings is 1. The molecule has 6 rings (SSSR count). The number of aromatic nitrogens is 2. The van der Waals surface area contributed by atoms with Gasteiger partial charge in [0.2, 0.25) is 5.91 Å². The van der Waals surface area contributed by atoms with Gasteiger partial charge in [-0.3, -0.25) is 14.2 Å². The number of hydrogen-bond donors (Lipinski definition) is 1. The first kappa shape index (κ1) is 19.9. The molecule has 1 atom stereocenters. The predicted molar refractivity (Wildman–Crippen MR) is 121 cm³/mol. The van der Waals surface area contributed by atoms with Crippen molar-refractivity contribution in [3.63, 3.8) is 0 Å². The molecule has 30 heavy (non-hydrogen) atoms. The number of para-hydroxylation sites is 1. The molecule has 0 aliphatic heterocycles. The third-order valence-electron chi connectivity index (χ3n) is 7.22. The molecule has 4 aliphatic rings. The monoisotopic (exact) mass is 423 g/mol. The summed E-state index contributed by atoms with van der Waals surface area (Å²) in [6.07, 6.45) is 9.17. The molecule has 0 radical (unpaired) electrons. The SMILES string of the molecule is C=CCn1c(SC(C)C(=O)NC23CC4CC(CC(C4)C2)C3)nc2ccccc2c1=O. The Morgan fingerprint density at radius 3 is 2.53 bits per heavy atom. The molecule has 1 unspecified atom stereocenters. The van der Waals surface area contributed by atoms with Crippen molar-refractivity contribution in [2.45, 2.75) is 67.9 Å². The molecule has 1 aromatic carbocycles. The number of nitrogens with zero attached hydrogens (tertiary/aromatic N) is 2. The zero-order valence-corrected chi connectivity index (χ0v) is 18.3. The summed E-state index contributed by atoms with van der Waals surface area (Å²) >= 11 is 1.37. The topological polar surface area (TPSA) is 64.0 Å². The van der Waals surface area contributed by atoms with Crippen LogP contribution in [-0.2, 0) is 11.3 Å². The third-order valence-corrected chi connectivity index (χ3v) is 8.31. The second-order valence-corrected chi connectivity index (χ2v) is 10.9. The first-order chi connectivity index (χ1) is 14.5. The van der Waals surface area contributed by atoms with Crippen molar-refractivity contribution in [1.29, 1.82) is 0 Å². The number of hydrogen-bond acceptors (Lipinski definition) is 4. The summed E-state index contributed by atoms with van der Waals surface area (Å²) in [6, 6.07) is 7.36. The van der Waals surface area contributed by atoms with Crippen LogP contribution in [0.5, 0.6) is 0 Å². The van der Waals surface area contributed by atoms with Gasteiger partial charge in [-0.1, -0.05) is 30.0 Å². The second-order valence-electron chi connectivity index (χ2n) is 9.56. The third kappa shape index (κ3) is 3.49. The van der Waals surface area contributed by atoms with Crippen molar-refractivity contribution in [3.8, 4) is 0 Å². The zero-order chi connectivity index (χ0) is 20.9. The van der Waals surface area contributed by atoms with E-state index in [0.29, 0.717) is 22.6 Å². The molecule has 0 saturated heterocycles. The van der Waals surface area contributed by atoms with Crippen LogP contribution in [0.4, 0.5) is 0 Å². The molecule has 5 nitrogen and oxygen atoms in total. The van der Waals surface area contributed by atoms with Crippen molar-refractivity contribution in [3.05, 3.63) is 47.3 Å². The number of rotatable bonds is 6. The summed E-state index contributed by atoms with van der Waals surface area (Å²) in [5, 5.41) is 4.30. The Kier molecular flexibility index (Phi) is 5.00. The van der Waals surface area contributed by atoms with Crippen molar-refractivity contribution in [1.82, 2.24) is 14.9 Å². The van der Waals surface area contributed by atoms with Gasteiger partial charge in [-0.05, 0) is 75.3 Å². The maximum absolute atomic E-state index is 13.2. The fourth-order valence-corrected chi connectivity index (χ4v) is 7.28. The zero-order valence-electron chi connectivity index (χ0n) is 17.5. The number of allylic oxidation sites excluding steroid dienone is 1. The molecule has 4 aliphatic carbocycles. The van der Waals surface area contributed by atoms with Gasteiger partial charge < -0.3 is 5.32 Å². The molecule has 0 spiro atoms. The molecule has 2 aromatic rings. The quantitative estimate of drug-likeness (QED) is 0.431. The van der Waals surface area contributed by atoms with Crippen LogP contribution in [0, 0.1) is 17.8 Å². The smallest absolute Gasteiger partial charge is 0.262 e. The number of thioether (sulfide) groups is 1. The fraction of sp³-hybridized carbons (Fsp3) is 0.542. The molecule has 6 heteroatoms. The van der Waals surface area contributed by atoms with Gasteiger partial charge in [0.15, 0.2) is 5.16 Å². The van der Waals surface area contributed by atoms with Crippen LogP contribution in [0.3, 0.4) is 0 Å². The van der Waals surface area contributed by atoms with Crippen LogP contribution < -0.4 is 10.9 Å². The molecular weight excluding hydrogens is 394 g/mol. The highest BCUT2D eigenvalue weighted by Gasteiger charge is 2.51. The molecule has 1 amide bonds. The Bertz CT molecular complexity index is 1020. The van der Waals surface area contributed by atoms with Crippen molar-refractivity contribution in [2.24, 2.45) is 17.8 Å². The van der Waals surface area contributed by atoms with E-state index < -0.39 is 0 Å². The van der Waals surface area contributed by atoms with E-state index in [1.54, 1.807) is 16.7 Å². The van der Waals surface area contributed by atoms with Gasteiger partial charge in [0.1, 0.15) is 0 Å². The Morgan fingerprint density at radius 2 is 1.90 bits per heavy atom. The summed E-state index contributed by atoms with van der Waals surface area (Å²) in [7, 11) is 0. The van der Waals surface area contributed by atoms with Crippen molar-refractivity contribution < 1.29 is 4.79 Å². The summed E-state index contributed by atoms with van der Waals surface area (Å²) < 4.78 is 1.62. The van der Waals surface area contributed by atoms with E-state index in [1.165, 1.54) is 31.0 Å². The Morgan fingerprint density at radius 1 is 1.27 bits per heavy atom. The first-order valence-corrected chi connectivity index (χ1v) is 11.9. The minimum atomic E-state index is -0.317. The standard InChI is InChI=1S/C24H29N3O2S/c1-3-8-27-22(29)19-6-4-5-7-20(19)25-23(27)30-15(2)21(28)26-24-12-16-9-17(13-24)11-18(10-16)14-24/h3-7,15-18H,1,8-14H2,2H3,(H,26,28). The van der Waals surface area contributed by atoms with Gasteiger partial charge in [-0.25, -0.2) is 4.98 Å². The molecular formula is C24H29N3O2S. The summed E-state index contributed by atoms with van der Waals surface area (Å²) in [5.41, 5.74) is 0.578. The van der Waals surface area contributed by atoms with Crippen LogP contribution >= 0.6 is 11.8 Å². The van der Waals surface area contributed by atoms with Crippen LogP contribution in [0.15, 0.2) is 46.9 Å². The molecule has 158 valence electrons. The lowest BCUT2D eigenvalue weighted by atomic mass is 9.53. The molecule has 1 heterocycles. The Hall–Kier alpha value is -2.08. The number of amides is 1. The van der Waals surface area contributed by atoms with Gasteiger partial charge in [-0.15, -0.1) is 6.58 Å². The van der Waals surface area contributed by atoms with Gasteiger partial charge in [0, 0.05) is 12.1 Å². The lowest BCUT2D eigenvalue weighted by Crippen LogP contribution is -2.60. The van der Waals surface area contributed by atoms with E-state index in [0.717, 1.165) is 37.0 Å². The average Bonchev–Trinajstić information content (AvgIpc) is 2.69. The van der Waals surface area contributed by atoms with Crippen LogP contribution in [0.25, 0.3) is 10.9 Å². The van der Waals surface area contributed by atoms with Gasteiger partial charge >= 0.3 is 0 Å². The Balaban J connectivity index is 1.37. The highest BCUT2D eigenvalue weighted by molar-refractivity contribution is 8.00. The number of carbonyl (C=O) groups is 1. The lowest BCUT2D eigenvalue weighted by molar-refractivity contribution is -0.126. The maximum Gasteiger partial charge on any atom is 0.262 e. The number of fused-ring (bicyclic) bond motifs is 1. The minimum absolute atomic E-state index is 0.00174. The van der Waals surface area contributed by atoms with E-state index in [9.17, 15) is 9.59 Å². The van der Waals surface area contributed by atoms with Crippen LogP contribution in [-0.4, -0.2) is 26.2 Å².